The Morgan fingerprint density at radius 2 is 1.85 bits per heavy atom. The summed E-state index contributed by atoms with van der Waals surface area (Å²) >= 11 is 0. The molecule has 1 aliphatic carbocycles. The fourth-order valence-corrected chi connectivity index (χ4v) is 4.59. The molecule has 3 atom stereocenters. The van der Waals surface area contributed by atoms with Crippen LogP contribution in [-0.4, -0.2) is 83.7 Å². The number of aliphatic hydroxyl groups excluding tert-OH is 1. The van der Waals surface area contributed by atoms with Crippen molar-refractivity contribution in [3.05, 3.63) is 12.2 Å². The first kappa shape index (κ1) is 20.8. The van der Waals surface area contributed by atoms with Gasteiger partial charge < -0.3 is 14.9 Å². The molecule has 1 saturated carbocycles. The topological polar surface area (TPSA) is 47.0 Å². The van der Waals surface area contributed by atoms with E-state index >= 15 is 0 Å². The molecule has 2 aliphatic heterocycles. The first-order valence-electron chi connectivity index (χ1n) is 11.0. The van der Waals surface area contributed by atoms with Gasteiger partial charge in [0.1, 0.15) is 0 Å². The highest BCUT2D eigenvalue weighted by Gasteiger charge is 2.33. The average molecular weight is 378 g/mol. The summed E-state index contributed by atoms with van der Waals surface area (Å²) in [7, 11) is 0. The highest BCUT2D eigenvalue weighted by Crippen LogP contribution is 2.35. The fraction of sp³-hybridized carbons (Fsp3) is 0.864. The third kappa shape index (κ3) is 6.30. The molecule has 2 saturated heterocycles. The van der Waals surface area contributed by atoms with Crippen LogP contribution in [0.15, 0.2) is 12.2 Å². The summed E-state index contributed by atoms with van der Waals surface area (Å²) in [6.45, 7) is 14.0. The molecule has 27 heavy (non-hydrogen) atoms. The van der Waals surface area contributed by atoms with Crippen LogP contribution in [0.1, 0.15) is 46.5 Å². The van der Waals surface area contributed by atoms with Crippen LogP contribution < -0.4 is 0 Å². The maximum Gasteiger partial charge on any atom is 0.246 e. The van der Waals surface area contributed by atoms with Gasteiger partial charge >= 0.3 is 0 Å². The maximum absolute atomic E-state index is 12.6. The van der Waals surface area contributed by atoms with E-state index < -0.39 is 0 Å². The molecule has 0 spiro atoms. The maximum atomic E-state index is 12.6. The largest absolute Gasteiger partial charge is 0.393 e. The summed E-state index contributed by atoms with van der Waals surface area (Å²) in [5.74, 6) is 1.83. The molecule has 0 aromatic carbocycles. The van der Waals surface area contributed by atoms with E-state index in [1.165, 1.54) is 12.8 Å². The number of carbonyl (C=O) groups excluding carboxylic acids is 1. The predicted molar refractivity (Wildman–Crippen MR) is 109 cm³/mol. The van der Waals surface area contributed by atoms with Crippen LogP contribution in [0.25, 0.3) is 0 Å². The summed E-state index contributed by atoms with van der Waals surface area (Å²) < 4.78 is 0. The molecule has 1 amide bonds. The van der Waals surface area contributed by atoms with Gasteiger partial charge in [0, 0.05) is 51.9 Å². The standard InChI is InChI=1S/C22H39N3O2/c1-17(2)14-23-9-10-24-11-12-25(16-20(24)15-23)22(27)6-4-5-18(3)13-21(26)19-7-8-19/h4,6,17-21,26H,5,7-16H2,1-3H3/b6-4-. The predicted octanol–water partition coefficient (Wildman–Crippen LogP) is 2.21. The molecule has 0 radical (unpaired) electrons. The molecule has 0 aromatic heterocycles. The second-order valence-corrected chi connectivity index (χ2v) is 9.51. The van der Waals surface area contributed by atoms with Gasteiger partial charge in [0.15, 0.2) is 0 Å². The Bertz CT molecular complexity index is 518. The van der Waals surface area contributed by atoms with Gasteiger partial charge in [-0.15, -0.1) is 0 Å². The first-order chi connectivity index (χ1) is 12.9. The number of carbonyl (C=O) groups is 1. The van der Waals surface area contributed by atoms with E-state index in [1.54, 1.807) is 6.08 Å². The summed E-state index contributed by atoms with van der Waals surface area (Å²) in [6, 6.07) is 0.483. The van der Waals surface area contributed by atoms with E-state index in [-0.39, 0.29) is 12.0 Å². The quantitative estimate of drug-likeness (QED) is 0.659. The van der Waals surface area contributed by atoms with Gasteiger partial charge in [-0.05, 0) is 49.5 Å². The normalized spacial score (nSPS) is 27.1. The Balaban J connectivity index is 1.41. The molecule has 0 aromatic rings. The average Bonchev–Trinajstić information content (AvgIpc) is 3.45. The van der Waals surface area contributed by atoms with Crippen molar-refractivity contribution in [1.29, 1.82) is 0 Å². The number of nitrogens with zero attached hydrogens (tertiary/aromatic N) is 3. The molecule has 0 bridgehead atoms. The van der Waals surface area contributed by atoms with Crippen LogP contribution in [0.4, 0.5) is 0 Å². The van der Waals surface area contributed by atoms with E-state index in [1.807, 2.05) is 11.0 Å². The second kappa shape index (κ2) is 9.53. The molecule has 3 unspecified atom stereocenters. The van der Waals surface area contributed by atoms with Crippen molar-refractivity contribution in [2.45, 2.75) is 58.6 Å². The Morgan fingerprint density at radius 3 is 2.56 bits per heavy atom. The van der Waals surface area contributed by atoms with Gasteiger partial charge in [0.05, 0.1) is 6.10 Å². The molecule has 2 heterocycles. The zero-order valence-electron chi connectivity index (χ0n) is 17.5. The first-order valence-corrected chi connectivity index (χ1v) is 11.0. The van der Waals surface area contributed by atoms with Crippen molar-refractivity contribution in [1.82, 2.24) is 14.7 Å². The lowest BCUT2D eigenvalue weighted by Gasteiger charge is -2.47. The van der Waals surface area contributed by atoms with Crippen LogP contribution in [0, 0.1) is 17.8 Å². The van der Waals surface area contributed by atoms with Gasteiger partial charge in [-0.2, -0.15) is 0 Å². The van der Waals surface area contributed by atoms with Gasteiger partial charge in [0.2, 0.25) is 5.91 Å². The zero-order chi connectivity index (χ0) is 19.4. The number of allylic oxidation sites excluding steroid dienone is 1. The Hall–Kier alpha value is -0.910. The lowest BCUT2D eigenvalue weighted by atomic mass is 9.97. The van der Waals surface area contributed by atoms with Crippen molar-refractivity contribution in [3.63, 3.8) is 0 Å². The van der Waals surface area contributed by atoms with Crippen LogP contribution >= 0.6 is 0 Å². The van der Waals surface area contributed by atoms with E-state index in [0.717, 1.165) is 58.7 Å². The smallest absolute Gasteiger partial charge is 0.246 e. The highest BCUT2D eigenvalue weighted by atomic mass is 16.3. The Labute approximate surface area is 165 Å². The van der Waals surface area contributed by atoms with Crippen molar-refractivity contribution >= 4 is 5.91 Å². The number of hydrogen-bond donors (Lipinski definition) is 1. The van der Waals surface area contributed by atoms with E-state index in [4.69, 9.17) is 0 Å². The third-order valence-electron chi connectivity index (χ3n) is 6.32. The van der Waals surface area contributed by atoms with Crippen LogP contribution in [-0.2, 0) is 4.79 Å². The van der Waals surface area contributed by atoms with Crippen molar-refractivity contribution in [2.75, 3.05) is 45.8 Å². The Morgan fingerprint density at radius 1 is 1.11 bits per heavy atom. The number of aliphatic hydroxyl groups is 1. The number of hydrogen-bond acceptors (Lipinski definition) is 4. The number of fused-ring (bicyclic) bond motifs is 1. The van der Waals surface area contributed by atoms with Crippen LogP contribution in [0.3, 0.4) is 0 Å². The third-order valence-corrected chi connectivity index (χ3v) is 6.32. The van der Waals surface area contributed by atoms with Gasteiger partial charge in [-0.3, -0.25) is 9.69 Å². The molecule has 5 heteroatoms. The zero-order valence-corrected chi connectivity index (χ0v) is 17.5. The number of amides is 1. The van der Waals surface area contributed by atoms with E-state index in [0.29, 0.717) is 23.8 Å². The Kier molecular flexibility index (Phi) is 7.35. The minimum Gasteiger partial charge on any atom is -0.393 e. The van der Waals surface area contributed by atoms with Gasteiger partial charge in [0.25, 0.3) is 0 Å². The summed E-state index contributed by atoms with van der Waals surface area (Å²) in [5.41, 5.74) is 0. The summed E-state index contributed by atoms with van der Waals surface area (Å²) in [4.78, 5) is 19.8. The van der Waals surface area contributed by atoms with Gasteiger partial charge in [-0.1, -0.05) is 26.8 Å². The molecular formula is C22H39N3O2. The second-order valence-electron chi connectivity index (χ2n) is 9.51. The number of piperazine rings is 2. The molecule has 1 N–H and O–H groups in total. The lowest BCUT2D eigenvalue weighted by Crippen LogP contribution is -2.62. The van der Waals surface area contributed by atoms with E-state index in [2.05, 4.69) is 30.6 Å². The fourth-order valence-electron chi connectivity index (χ4n) is 4.59. The molecule has 3 fully saturated rings. The summed E-state index contributed by atoms with van der Waals surface area (Å²) in [6.07, 6.45) is 7.75. The van der Waals surface area contributed by atoms with Gasteiger partial charge in [-0.25, -0.2) is 0 Å². The SMILES string of the molecule is CC(C)CN1CCN2CCN(C(=O)/C=C\CC(C)CC(O)C3CC3)CC2C1. The minimum absolute atomic E-state index is 0.141. The lowest BCUT2D eigenvalue weighted by molar-refractivity contribution is -0.130. The highest BCUT2D eigenvalue weighted by molar-refractivity contribution is 5.87. The van der Waals surface area contributed by atoms with Crippen LogP contribution in [0.5, 0.6) is 0 Å². The summed E-state index contributed by atoms with van der Waals surface area (Å²) in [5, 5.41) is 10.0. The molecule has 3 aliphatic rings. The number of rotatable bonds is 8. The molecule has 3 rings (SSSR count). The molecule has 5 nitrogen and oxygen atoms in total. The molecular weight excluding hydrogens is 338 g/mol. The van der Waals surface area contributed by atoms with Crippen molar-refractivity contribution < 1.29 is 9.90 Å². The molecule has 154 valence electrons. The van der Waals surface area contributed by atoms with Crippen molar-refractivity contribution in [2.24, 2.45) is 17.8 Å². The monoisotopic (exact) mass is 377 g/mol. The van der Waals surface area contributed by atoms with Crippen molar-refractivity contribution in [3.8, 4) is 0 Å². The minimum atomic E-state index is -0.141. The van der Waals surface area contributed by atoms with Crippen LogP contribution in [0.2, 0.25) is 0 Å². The van der Waals surface area contributed by atoms with E-state index in [9.17, 15) is 9.90 Å².